The molecule has 0 saturated carbocycles. The lowest BCUT2D eigenvalue weighted by Gasteiger charge is -2.09. The molecule has 6 heteroatoms. The van der Waals surface area contributed by atoms with E-state index in [2.05, 4.69) is 43.2 Å². The highest BCUT2D eigenvalue weighted by molar-refractivity contribution is 7.17. The van der Waals surface area contributed by atoms with Crippen LogP contribution in [0.4, 0.5) is 5.69 Å². The van der Waals surface area contributed by atoms with Gasteiger partial charge in [-0.25, -0.2) is 4.98 Å². The molecule has 2 aromatic heterocycles. The van der Waals surface area contributed by atoms with Crippen molar-refractivity contribution in [3.8, 4) is 11.1 Å². The van der Waals surface area contributed by atoms with E-state index >= 15 is 0 Å². The number of hydrogen-bond acceptors (Lipinski definition) is 4. The number of anilines is 1. The molecule has 33 heavy (non-hydrogen) atoms. The van der Waals surface area contributed by atoms with Crippen LogP contribution in [-0.2, 0) is 17.8 Å². The lowest BCUT2D eigenvalue weighted by Crippen LogP contribution is -2.27. The van der Waals surface area contributed by atoms with Crippen LogP contribution in [0.15, 0.2) is 65.0 Å². The van der Waals surface area contributed by atoms with Crippen molar-refractivity contribution in [2.45, 2.75) is 52.5 Å². The van der Waals surface area contributed by atoms with Gasteiger partial charge in [-0.3, -0.25) is 14.2 Å². The summed E-state index contributed by atoms with van der Waals surface area (Å²) in [6.07, 6.45) is 4.80. The molecule has 4 rings (SSSR count). The summed E-state index contributed by atoms with van der Waals surface area (Å²) in [7, 11) is 0. The molecule has 5 nitrogen and oxygen atoms in total. The van der Waals surface area contributed by atoms with Crippen molar-refractivity contribution in [1.82, 2.24) is 9.55 Å². The first-order valence-corrected chi connectivity index (χ1v) is 12.3. The maximum atomic E-state index is 13.2. The van der Waals surface area contributed by atoms with E-state index in [9.17, 15) is 9.59 Å². The number of aromatic nitrogens is 2. The topological polar surface area (TPSA) is 64.0 Å². The van der Waals surface area contributed by atoms with Gasteiger partial charge < -0.3 is 5.32 Å². The lowest BCUT2D eigenvalue weighted by molar-refractivity contribution is -0.116. The Balaban J connectivity index is 1.54. The van der Waals surface area contributed by atoms with Crippen molar-refractivity contribution in [3.63, 3.8) is 0 Å². The first-order chi connectivity index (χ1) is 16.0. The molecule has 170 valence electrons. The second-order valence-corrected chi connectivity index (χ2v) is 9.49. The molecular weight excluding hydrogens is 430 g/mol. The average molecular weight is 460 g/mol. The summed E-state index contributed by atoms with van der Waals surface area (Å²) in [6.45, 7) is 6.40. The number of nitrogens with one attached hydrogen (secondary N) is 1. The molecule has 0 radical (unpaired) electrons. The molecule has 0 atom stereocenters. The number of unbranched alkanes of at least 4 members (excludes halogenated alkanes) is 1. The molecule has 0 bridgehead atoms. The van der Waals surface area contributed by atoms with E-state index in [1.807, 2.05) is 41.8 Å². The Morgan fingerprint density at radius 3 is 2.48 bits per heavy atom. The van der Waals surface area contributed by atoms with Crippen molar-refractivity contribution in [3.05, 3.63) is 81.7 Å². The Morgan fingerprint density at radius 1 is 1.09 bits per heavy atom. The maximum absolute atomic E-state index is 13.2. The summed E-state index contributed by atoms with van der Waals surface area (Å²) in [5.41, 5.74) is 4.88. The number of hydrogen-bond donors (Lipinski definition) is 1. The van der Waals surface area contributed by atoms with Gasteiger partial charge in [-0.2, -0.15) is 0 Å². The van der Waals surface area contributed by atoms with E-state index in [0.29, 0.717) is 16.1 Å². The molecule has 0 aliphatic rings. The molecule has 0 saturated heterocycles. The van der Waals surface area contributed by atoms with Crippen LogP contribution in [0.3, 0.4) is 0 Å². The van der Waals surface area contributed by atoms with Crippen molar-refractivity contribution < 1.29 is 4.79 Å². The number of amides is 1. The van der Waals surface area contributed by atoms with Gasteiger partial charge in [0.1, 0.15) is 11.4 Å². The minimum absolute atomic E-state index is 0.0824. The number of carbonyl (C=O) groups is 1. The van der Waals surface area contributed by atoms with E-state index in [1.165, 1.54) is 33.4 Å². The Hall–Kier alpha value is -3.25. The zero-order valence-corrected chi connectivity index (χ0v) is 20.1. The normalized spacial score (nSPS) is 11.3. The number of nitrogens with zero attached hydrogens (tertiary/aromatic N) is 2. The van der Waals surface area contributed by atoms with E-state index in [1.54, 1.807) is 0 Å². The van der Waals surface area contributed by atoms with Crippen LogP contribution in [0.1, 0.15) is 50.7 Å². The number of aryl methyl sites for hydroxylation is 1. The second-order valence-electron chi connectivity index (χ2n) is 8.63. The van der Waals surface area contributed by atoms with Crippen LogP contribution >= 0.6 is 11.3 Å². The van der Waals surface area contributed by atoms with E-state index in [0.717, 1.165) is 36.1 Å². The zero-order chi connectivity index (χ0) is 23.4. The summed E-state index contributed by atoms with van der Waals surface area (Å²) in [6, 6.07) is 16.2. The molecule has 1 amide bonds. The highest BCUT2D eigenvalue weighted by atomic mass is 32.1. The molecule has 4 aromatic rings. The number of benzene rings is 2. The monoisotopic (exact) mass is 459 g/mol. The smallest absolute Gasteiger partial charge is 0.263 e. The average Bonchev–Trinajstić information content (AvgIpc) is 3.25. The Labute approximate surface area is 198 Å². The van der Waals surface area contributed by atoms with Crippen LogP contribution in [0.25, 0.3) is 21.3 Å². The zero-order valence-electron chi connectivity index (χ0n) is 19.3. The fraction of sp³-hybridized carbons (Fsp3) is 0.296. The minimum Gasteiger partial charge on any atom is -0.325 e. The fourth-order valence-corrected chi connectivity index (χ4v) is 4.74. The third-order valence-electron chi connectivity index (χ3n) is 5.82. The van der Waals surface area contributed by atoms with Crippen LogP contribution in [0, 0.1) is 0 Å². The molecular formula is C27H29N3O2S. The van der Waals surface area contributed by atoms with Crippen LogP contribution in [-0.4, -0.2) is 15.5 Å². The van der Waals surface area contributed by atoms with Gasteiger partial charge in [-0.05, 0) is 47.6 Å². The van der Waals surface area contributed by atoms with Crippen LogP contribution in [0.5, 0.6) is 0 Å². The van der Waals surface area contributed by atoms with E-state index in [4.69, 9.17) is 0 Å². The van der Waals surface area contributed by atoms with Gasteiger partial charge in [0.15, 0.2) is 0 Å². The molecule has 0 aliphatic heterocycles. The van der Waals surface area contributed by atoms with Gasteiger partial charge in [0, 0.05) is 16.6 Å². The van der Waals surface area contributed by atoms with E-state index in [-0.39, 0.29) is 18.0 Å². The van der Waals surface area contributed by atoms with Gasteiger partial charge in [0.25, 0.3) is 5.56 Å². The highest BCUT2D eigenvalue weighted by Gasteiger charge is 2.15. The maximum Gasteiger partial charge on any atom is 0.263 e. The fourth-order valence-electron chi connectivity index (χ4n) is 3.83. The second kappa shape index (κ2) is 10.1. The molecule has 0 fully saturated rings. The van der Waals surface area contributed by atoms with Gasteiger partial charge >= 0.3 is 0 Å². The van der Waals surface area contributed by atoms with Gasteiger partial charge in [-0.15, -0.1) is 11.3 Å². The first kappa shape index (κ1) is 22.9. The lowest BCUT2D eigenvalue weighted by atomic mass is 9.99. The molecule has 0 spiro atoms. The molecule has 1 N–H and O–H groups in total. The number of rotatable bonds is 8. The standard InChI is InChI=1S/C27H29N3O2S/c1-4-5-6-19-7-13-22(14-8-19)29-24(31)15-30-17-28-26-25(27(30)32)23(16-33-26)21-11-9-20(10-12-21)18(2)3/h7-14,16-18H,4-6,15H2,1-3H3,(H,29,31). The van der Waals surface area contributed by atoms with Crippen LogP contribution < -0.4 is 10.9 Å². The third kappa shape index (κ3) is 5.22. The van der Waals surface area contributed by atoms with Crippen molar-refractivity contribution >= 4 is 33.1 Å². The summed E-state index contributed by atoms with van der Waals surface area (Å²) >= 11 is 1.45. The number of thiophene rings is 1. The quantitative estimate of drug-likeness (QED) is 0.340. The largest absolute Gasteiger partial charge is 0.325 e. The van der Waals surface area contributed by atoms with Gasteiger partial charge in [0.2, 0.25) is 5.91 Å². The van der Waals surface area contributed by atoms with Crippen molar-refractivity contribution in [1.29, 1.82) is 0 Å². The Morgan fingerprint density at radius 2 is 1.82 bits per heavy atom. The Bertz CT molecular complexity index is 1300. The predicted octanol–water partition coefficient (Wildman–Crippen LogP) is 6.23. The number of carbonyl (C=O) groups excluding carboxylic acids is 1. The summed E-state index contributed by atoms with van der Waals surface area (Å²) in [5, 5.41) is 5.41. The molecule has 2 heterocycles. The summed E-state index contributed by atoms with van der Waals surface area (Å²) in [4.78, 5) is 31.0. The third-order valence-corrected chi connectivity index (χ3v) is 6.71. The highest BCUT2D eigenvalue weighted by Crippen LogP contribution is 2.31. The SMILES string of the molecule is CCCCc1ccc(NC(=O)Cn2cnc3scc(-c4ccc(C(C)C)cc4)c3c2=O)cc1. The molecule has 0 unspecified atom stereocenters. The van der Waals surface area contributed by atoms with Crippen molar-refractivity contribution in [2.24, 2.45) is 0 Å². The van der Waals surface area contributed by atoms with Gasteiger partial charge in [-0.1, -0.05) is 63.6 Å². The predicted molar refractivity (Wildman–Crippen MR) is 137 cm³/mol. The van der Waals surface area contributed by atoms with Crippen LogP contribution in [0.2, 0.25) is 0 Å². The van der Waals surface area contributed by atoms with Gasteiger partial charge in [0.05, 0.1) is 11.7 Å². The Kier molecular flexibility index (Phi) is 7.04. The van der Waals surface area contributed by atoms with E-state index < -0.39 is 0 Å². The summed E-state index contributed by atoms with van der Waals surface area (Å²) < 4.78 is 1.38. The molecule has 0 aliphatic carbocycles. The van der Waals surface area contributed by atoms with Crippen molar-refractivity contribution in [2.75, 3.05) is 5.32 Å². The first-order valence-electron chi connectivity index (χ1n) is 11.4. The molecule has 2 aromatic carbocycles. The number of fused-ring (bicyclic) bond motifs is 1. The minimum atomic E-state index is -0.252. The summed E-state index contributed by atoms with van der Waals surface area (Å²) in [5.74, 6) is 0.195.